The molecule has 150 valence electrons. The van der Waals surface area contributed by atoms with Crippen molar-refractivity contribution in [1.82, 2.24) is 30.0 Å². The average Bonchev–Trinajstić information content (AvgIpc) is 3.03. The Hall–Kier alpha value is -2.56. The highest BCUT2D eigenvalue weighted by Gasteiger charge is 2.22. The fourth-order valence-electron chi connectivity index (χ4n) is 3.40. The van der Waals surface area contributed by atoms with Crippen molar-refractivity contribution in [2.75, 3.05) is 38.2 Å². The summed E-state index contributed by atoms with van der Waals surface area (Å²) < 4.78 is 6.99. The molecule has 0 radical (unpaired) electrons. The van der Waals surface area contributed by atoms with E-state index < -0.39 is 6.10 Å². The lowest BCUT2D eigenvalue weighted by Gasteiger charge is -2.29. The minimum atomic E-state index is -0.662. The van der Waals surface area contributed by atoms with E-state index in [9.17, 15) is 9.90 Å². The number of nitrogens with one attached hydrogen (secondary N) is 2. The highest BCUT2D eigenvalue weighted by atomic mass is 16.5. The van der Waals surface area contributed by atoms with Crippen molar-refractivity contribution >= 4 is 11.7 Å². The fraction of sp³-hybridized carbons (Fsp3) is 0.556. The number of amides is 1. The summed E-state index contributed by atoms with van der Waals surface area (Å²) in [7, 11) is 1.93. The summed E-state index contributed by atoms with van der Waals surface area (Å²) in [6, 6.07) is 1.83. The molecule has 2 aromatic heterocycles. The van der Waals surface area contributed by atoms with E-state index in [0.717, 1.165) is 19.5 Å². The molecule has 10 nitrogen and oxygen atoms in total. The number of hydrogen-bond acceptors (Lipinski definition) is 8. The van der Waals surface area contributed by atoms with Gasteiger partial charge in [0.15, 0.2) is 0 Å². The predicted octanol–water partition coefficient (Wildman–Crippen LogP) is -0.830. The molecule has 0 bridgehead atoms. The monoisotopic (exact) mass is 387 g/mol. The second kappa shape index (κ2) is 8.21. The lowest BCUT2D eigenvalue weighted by atomic mass is 10.1. The Bertz CT molecular complexity index is 836. The van der Waals surface area contributed by atoms with Gasteiger partial charge in [0.1, 0.15) is 17.8 Å². The first-order chi connectivity index (χ1) is 13.6. The Morgan fingerprint density at radius 1 is 1.43 bits per heavy atom. The summed E-state index contributed by atoms with van der Waals surface area (Å²) >= 11 is 0. The second-order valence-corrected chi connectivity index (χ2v) is 7.26. The zero-order valence-electron chi connectivity index (χ0n) is 15.8. The number of ether oxygens (including phenoxy) is 1. The van der Waals surface area contributed by atoms with E-state index in [1.807, 2.05) is 17.9 Å². The van der Waals surface area contributed by atoms with Crippen molar-refractivity contribution in [2.24, 2.45) is 7.05 Å². The van der Waals surface area contributed by atoms with Crippen LogP contribution in [0.4, 0.5) is 5.82 Å². The van der Waals surface area contributed by atoms with Gasteiger partial charge in [-0.1, -0.05) is 0 Å². The summed E-state index contributed by atoms with van der Waals surface area (Å²) in [6.07, 6.45) is 3.52. The molecule has 3 N–H and O–H groups in total. The molecule has 4 heterocycles. The van der Waals surface area contributed by atoms with Gasteiger partial charge in [-0.3, -0.25) is 14.4 Å². The second-order valence-electron chi connectivity index (χ2n) is 7.26. The zero-order valence-corrected chi connectivity index (χ0v) is 15.8. The van der Waals surface area contributed by atoms with Crippen LogP contribution in [0.2, 0.25) is 0 Å². The zero-order chi connectivity index (χ0) is 19.5. The molecule has 1 amide bonds. The van der Waals surface area contributed by atoms with Crippen LogP contribution in [-0.4, -0.2) is 80.7 Å². The van der Waals surface area contributed by atoms with Crippen LogP contribution in [-0.2, 0) is 24.8 Å². The molecule has 0 aromatic carbocycles. The van der Waals surface area contributed by atoms with E-state index in [4.69, 9.17) is 4.74 Å². The molecule has 0 spiro atoms. The summed E-state index contributed by atoms with van der Waals surface area (Å²) in [5, 5.41) is 20.6. The van der Waals surface area contributed by atoms with Crippen molar-refractivity contribution in [3.8, 4) is 0 Å². The Kier molecular flexibility index (Phi) is 5.51. The summed E-state index contributed by atoms with van der Waals surface area (Å²) in [5.74, 6) is 0.260. The van der Waals surface area contributed by atoms with Crippen LogP contribution in [0.5, 0.6) is 0 Å². The van der Waals surface area contributed by atoms with Gasteiger partial charge in [0.05, 0.1) is 37.3 Å². The quantitative estimate of drug-likeness (QED) is 0.564. The maximum Gasteiger partial charge on any atom is 0.270 e. The normalized spacial score (nSPS) is 18.2. The van der Waals surface area contributed by atoms with Crippen LogP contribution in [0.25, 0.3) is 0 Å². The van der Waals surface area contributed by atoms with Gasteiger partial charge >= 0.3 is 0 Å². The highest BCUT2D eigenvalue weighted by molar-refractivity contribution is 5.92. The van der Waals surface area contributed by atoms with Crippen LogP contribution in [0.15, 0.2) is 18.6 Å². The molecule has 0 saturated carbocycles. The molecule has 2 aliphatic heterocycles. The van der Waals surface area contributed by atoms with Crippen LogP contribution < -0.4 is 10.6 Å². The van der Waals surface area contributed by atoms with E-state index in [2.05, 4.69) is 30.6 Å². The molecular weight excluding hydrogens is 362 g/mol. The van der Waals surface area contributed by atoms with Gasteiger partial charge in [-0.25, -0.2) is 9.97 Å². The molecule has 1 fully saturated rings. The van der Waals surface area contributed by atoms with Crippen molar-refractivity contribution in [2.45, 2.75) is 25.1 Å². The topological polar surface area (TPSA) is 117 Å². The highest BCUT2D eigenvalue weighted by Crippen LogP contribution is 2.17. The van der Waals surface area contributed by atoms with Gasteiger partial charge in [-0.15, -0.1) is 0 Å². The Morgan fingerprint density at radius 2 is 2.29 bits per heavy atom. The number of rotatable bonds is 7. The molecule has 1 saturated heterocycles. The minimum Gasteiger partial charge on any atom is -0.390 e. The molecule has 2 aliphatic rings. The average molecular weight is 387 g/mol. The molecule has 10 heteroatoms. The Balaban J connectivity index is 1.25. The first-order valence-electron chi connectivity index (χ1n) is 9.43. The van der Waals surface area contributed by atoms with Gasteiger partial charge < -0.3 is 20.5 Å². The van der Waals surface area contributed by atoms with Crippen LogP contribution >= 0.6 is 0 Å². The number of carbonyl (C=O) groups excluding carboxylic acids is 1. The lowest BCUT2D eigenvalue weighted by Crippen LogP contribution is -2.42. The third-order valence-corrected chi connectivity index (χ3v) is 5.08. The molecule has 0 aliphatic carbocycles. The van der Waals surface area contributed by atoms with Gasteiger partial charge in [0.2, 0.25) is 0 Å². The summed E-state index contributed by atoms with van der Waals surface area (Å²) in [4.78, 5) is 22.7. The van der Waals surface area contributed by atoms with E-state index in [0.29, 0.717) is 25.6 Å². The van der Waals surface area contributed by atoms with E-state index in [1.165, 1.54) is 17.6 Å². The summed E-state index contributed by atoms with van der Waals surface area (Å²) in [6.45, 7) is 3.54. The minimum absolute atomic E-state index is 0.163. The number of nitrogens with zero attached hydrogens (tertiary/aromatic N) is 5. The van der Waals surface area contributed by atoms with E-state index >= 15 is 0 Å². The Morgan fingerprint density at radius 3 is 3.07 bits per heavy atom. The molecule has 4 rings (SSSR count). The number of anilines is 1. The molecule has 1 atom stereocenters. The largest absolute Gasteiger partial charge is 0.390 e. The molecular formula is C18H25N7O3. The molecule has 28 heavy (non-hydrogen) atoms. The van der Waals surface area contributed by atoms with Gasteiger partial charge in [-0.05, 0) is 12.0 Å². The first kappa shape index (κ1) is 18.8. The lowest BCUT2D eigenvalue weighted by molar-refractivity contribution is 0.0209. The van der Waals surface area contributed by atoms with Crippen molar-refractivity contribution in [1.29, 1.82) is 0 Å². The van der Waals surface area contributed by atoms with Gasteiger partial charge in [0.25, 0.3) is 5.91 Å². The molecule has 0 unspecified atom stereocenters. The third kappa shape index (κ3) is 4.29. The number of aliphatic hydroxyl groups excluding tert-OH is 1. The number of fused-ring (bicyclic) bond motifs is 1. The number of carbonyl (C=O) groups is 1. The van der Waals surface area contributed by atoms with E-state index in [-0.39, 0.29) is 24.2 Å². The van der Waals surface area contributed by atoms with Crippen molar-refractivity contribution in [3.05, 3.63) is 35.5 Å². The van der Waals surface area contributed by atoms with Crippen LogP contribution in [0.3, 0.4) is 0 Å². The standard InChI is InChI=1S/C18H25N7O3/c1-24-16-8-25(3-2-12(16)5-22-24)7-14(26)6-19-18(27)15-4-17(21-11-20-15)23-13-9-28-10-13/h4-5,11,13-14,26H,2-3,6-10H2,1H3,(H,19,27)(H,20,21,23)/t14-/m0/s1. The third-order valence-electron chi connectivity index (χ3n) is 5.08. The smallest absolute Gasteiger partial charge is 0.270 e. The van der Waals surface area contributed by atoms with Crippen LogP contribution in [0, 0.1) is 0 Å². The number of β-amino-alcohol motifs (C(OH)–C–C–N with tert-alkyl or cyclic N) is 1. The molecule has 2 aromatic rings. The number of hydrogen-bond donors (Lipinski definition) is 3. The fourth-order valence-corrected chi connectivity index (χ4v) is 3.40. The van der Waals surface area contributed by atoms with Crippen LogP contribution in [0.1, 0.15) is 21.7 Å². The van der Waals surface area contributed by atoms with E-state index in [1.54, 1.807) is 6.07 Å². The van der Waals surface area contributed by atoms with Gasteiger partial charge in [0, 0.05) is 39.3 Å². The predicted molar refractivity (Wildman–Crippen MR) is 101 cm³/mol. The first-order valence-corrected chi connectivity index (χ1v) is 9.43. The van der Waals surface area contributed by atoms with Crippen molar-refractivity contribution < 1.29 is 14.6 Å². The maximum atomic E-state index is 12.3. The number of aromatic nitrogens is 4. The SMILES string of the molecule is Cn1ncc2c1CN(C[C@@H](O)CNC(=O)c1cc(NC3COC3)ncn1)CC2. The maximum absolute atomic E-state index is 12.3. The Labute approximate surface area is 162 Å². The van der Waals surface area contributed by atoms with Gasteiger partial charge in [-0.2, -0.15) is 5.10 Å². The van der Waals surface area contributed by atoms with Crippen molar-refractivity contribution in [3.63, 3.8) is 0 Å². The number of aliphatic hydroxyl groups is 1. The summed E-state index contributed by atoms with van der Waals surface area (Å²) in [5.41, 5.74) is 2.71. The number of aryl methyl sites for hydroxylation is 1.